The molecule has 1 aromatic carbocycles. The summed E-state index contributed by atoms with van der Waals surface area (Å²) in [7, 11) is 0. The van der Waals surface area contributed by atoms with E-state index in [1.807, 2.05) is 17.4 Å². The number of primary amides is 1. The highest BCUT2D eigenvalue weighted by molar-refractivity contribution is 5.96. The average Bonchev–Trinajstić information content (AvgIpc) is 2.45. The molecule has 0 aromatic heterocycles. The van der Waals surface area contributed by atoms with E-state index in [2.05, 4.69) is 20.8 Å². The van der Waals surface area contributed by atoms with E-state index in [1.165, 1.54) is 13.8 Å². The number of ether oxygens (including phenoxy) is 2. The molecular weight excluding hydrogens is 312 g/mol. The molecule has 2 atom stereocenters. The van der Waals surface area contributed by atoms with Crippen LogP contribution in [0.5, 0.6) is 5.75 Å². The van der Waals surface area contributed by atoms with Crippen molar-refractivity contribution in [2.24, 2.45) is 5.73 Å². The van der Waals surface area contributed by atoms with Crippen LogP contribution in [-0.4, -0.2) is 30.1 Å². The van der Waals surface area contributed by atoms with E-state index in [0.29, 0.717) is 5.75 Å². The van der Waals surface area contributed by atoms with Crippen LogP contribution in [0, 0.1) is 0 Å². The molecule has 132 valence electrons. The van der Waals surface area contributed by atoms with Crippen molar-refractivity contribution < 1.29 is 23.9 Å². The quantitative estimate of drug-likeness (QED) is 0.798. The van der Waals surface area contributed by atoms with Crippen molar-refractivity contribution in [3.63, 3.8) is 0 Å². The number of nitrogens with one attached hydrogen (secondary N) is 1. The lowest BCUT2D eigenvalue weighted by atomic mass is 9.87. The smallest absolute Gasteiger partial charge is 0.347 e. The number of esters is 1. The standard InChI is InChI=1S/C17H24N2O5/c1-10(14(20)19-16(18)22)24-15(21)11(2)23-13-8-6-12(7-9-13)17(3,4)5/h6-11H,1-5H3,(H3,18,19,20,22)/t10-,11-/m1/s1. The van der Waals surface area contributed by atoms with E-state index in [-0.39, 0.29) is 5.41 Å². The van der Waals surface area contributed by atoms with E-state index >= 15 is 0 Å². The van der Waals surface area contributed by atoms with Gasteiger partial charge in [0.25, 0.3) is 5.91 Å². The number of hydrogen-bond acceptors (Lipinski definition) is 5. The molecule has 3 amide bonds. The Morgan fingerprint density at radius 1 is 1.04 bits per heavy atom. The second-order valence-corrected chi connectivity index (χ2v) is 6.47. The summed E-state index contributed by atoms with van der Waals surface area (Å²) in [6.45, 7) is 9.14. The molecule has 1 aromatic rings. The zero-order valence-corrected chi connectivity index (χ0v) is 14.6. The van der Waals surface area contributed by atoms with Crippen molar-refractivity contribution in [3.8, 4) is 5.75 Å². The predicted molar refractivity (Wildman–Crippen MR) is 88.5 cm³/mol. The molecule has 0 heterocycles. The maximum Gasteiger partial charge on any atom is 0.347 e. The Morgan fingerprint density at radius 2 is 1.58 bits per heavy atom. The van der Waals surface area contributed by atoms with Crippen LogP contribution in [0.3, 0.4) is 0 Å². The van der Waals surface area contributed by atoms with Gasteiger partial charge >= 0.3 is 12.0 Å². The van der Waals surface area contributed by atoms with Crippen LogP contribution >= 0.6 is 0 Å². The van der Waals surface area contributed by atoms with Gasteiger partial charge in [-0.3, -0.25) is 10.1 Å². The SMILES string of the molecule is C[C@@H](OC(=O)[C@@H](C)Oc1ccc(C(C)(C)C)cc1)C(=O)NC(N)=O. The van der Waals surface area contributed by atoms with E-state index < -0.39 is 30.1 Å². The van der Waals surface area contributed by atoms with Gasteiger partial charge in [-0.1, -0.05) is 32.9 Å². The van der Waals surface area contributed by atoms with Crippen molar-refractivity contribution in [2.45, 2.75) is 52.2 Å². The third-order valence-electron chi connectivity index (χ3n) is 3.27. The summed E-state index contributed by atoms with van der Waals surface area (Å²) in [4.78, 5) is 34.0. The summed E-state index contributed by atoms with van der Waals surface area (Å²) in [6, 6.07) is 6.39. The zero-order valence-electron chi connectivity index (χ0n) is 14.6. The molecule has 0 bridgehead atoms. The highest BCUT2D eigenvalue weighted by atomic mass is 16.6. The average molecular weight is 336 g/mol. The molecule has 24 heavy (non-hydrogen) atoms. The summed E-state index contributed by atoms with van der Waals surface area (Å²) in [5.74, 6) is -0.999. The van der Waals surface area contributed by atoms with Gasteiger partial charge in [0.2, 0.25) is 0 Å². The van der Waals surface area contributed by atoms with E-state index in [4.69, 9.17) is 15.2 Å². The second-order valence-electron chi connectivity index (χ2n) is 6.47. The van der Waals surface area contributed by atoms with Crippen molar-refractivity contribution in [3.05, 3.63) is 29.8 Å². The van der Waals surface area contributed by atoms with Gasteiger partial charge in [0.1, 0.15) is 5.75 Å². The van der Waals surface area contributed by atoms with Gasteiger partial charge in [0, 0.05) is 0 Å². The van der Waals surface area contributed by atoms with E-state index in [1.54, 1.807) is 12.1 Å². The van der Waals surface area contributed by atoms with Gasteiger partial charge in [0.15, 0.2) is 12.2 Å². The first-order valence-corrected chi connectivity index (χ1v) is 7.58. The summed E-state index contributed by atoms with van der Waals surface area (Å²) in [5, 5.41) is 1.84. The Bertz CT molecular complexity index is 604. The van der Waals surface area contributed by atoms with Crippen molar-refractivity contribution in [1.29, 1.82) is 0 Å². The Morgan fingerprint density at radius 3 is 2.04 bits per heavy atom. The molecule has 0 aliphatic rings. The molecule has 0 aliphatic heterocycles. The topological polar surface area (TPSA) is 108 Å². The first-order chi connectivity index (χ1) is 11.0. The summed E-state index contributed by atoms with van der Waals surface area (Å²) in [5.41, 5.74) is 5.99. The maximum absolute atomic E-state index is 11.9. The molecule has 7 heteroatoms. The minimum absolute atomic E-state index is 0.0201. The molecular formula is C17H24N2O5. The van der Waals surface area contributed by atoms with Crippen LogP contribution in [0.2, 0.25) is 0 Å². The minimum atomic E-state index is -1.15. The Labute approximate surface area is 141 Å². The Kier molecular flexibility index (Phi) is 6.34. The first-order valence-electron chi connectivity index (χ1n) is 7.58. The van der Waals surface area contributed by atoms with Crippen LogP contribution in [0.25, 0.3) is 0 Å². The Balaban J connectivity index is 2.61. The van der Waals surface area contributed by atoms with E-state index in [0.717, 1.165) is 5.56 Å². The lowest BCUT2D eigenvalue weighted by molar-refractivity contribution is -0.160. The van der Waals surface area contributed by atoms with E-state index in [9.17, 15) is 14.4 Å². The molecule has 0 spiro atoms. The highest BCUT2D eigenvalue weighted by Gasteiger charge is 2.24. The third kappa shape index (κ3) is 5.91. The third-order valence-corrected chi connectivity index (χ3v) is 3.27. The maximum atomic E-state index is 11.9. The normalized spacial score (nSPS) is 13.5. The van der Waals surface area contributed by atoms with Crippen LogP contribution < -0.4 is 15.8 Å². The number of benzene rings is 1. The van der Waals surface area contributed by atoms with Crippen LogP contribution in [0.4, 0.5) is 4.79 Å². The lowest BCUT2D eigenvalue weighted by Crippen LogP contribution is -2.43. The molecule has 0 saturated carbocycles. The van der Waals surface area contributed by atoms with Crippen molar-refractivity contribution in [2.75, 3.05) is 0 Å². The predicted octanol–water partition coefficient (Wildman–Crippen LogP) is 1.88. The number of nitrogens with two attached hydrogens (primary N) is 1. The molecule has 0 saturated heterocycles. The molecule has 0 unspecified atom stereocenters. The first kappa shape index (κ1) is 19.5. The van der Waals surface area contributed by atoms with Gasteiger partial charge in [-0.25, -0.2) is 9.59 Å². The monoisotopic (exact) mass is 336 g/mol. The fraction of sp³-hybridized carbons (Fsp3) is 0.471. The number of amides is 3. The van der Waals surface area contributed by atoms with Gasteiger partial charge in [-0.15, -0.1) is 0 Å². The lowest BCUT2D eigenvalue weighted by Gasteiger charge is -2.20. The summed E-state index contributed by atoms with van der Waals surface area (Å²) >= 11 is 0. The van der Waals surface area contributed by atoms with Gasteiger partial charge in [-0.05, 0) is 37.0 Å². The van der Waals surface area contributed by atoms with Crippen molar-refractivity contribution >= 4 is 17.9 Å². The fourth-order valence-corrected chi connectivity index (χ4v) is 1.83. The van der Waals surface area contributed by atoms with Crippen LogP contribution in [0.15, 0.2) is 24.3 Å². The zero-order chi connectivity index (χ0) is 18.5. The number of hydrogen-bond donors (Lipinski definition) is 2. The van der Waals surface area contributed by atoms with Crippen LogP contribution in [0.1, 0.15) is 40.2 Å². The molecule has 7 nitrogen and oxygen atoms in total. The molecule has 0 aliphatic carbocycles. The number of imide groups is 1. The second kappa shape index (κ2) is 7.81. The van der Waals surface area contributed by atoms with Crippen LogP contribution in [-0.2, 0) is 19.7 Å². The van der Waals surface area contributed by atoms with Gasteiger partial charge in [0.05, 0.1) is 0 Å². The van der Waals surface area contributed by atoms with Crippen molar-refractivity contribution in [1.82, 2.24) is 5.32 Å². The summed E-state index contributed by atoms with van der Waals surface area (Å²) in [6.07, 6.45) is -2.06. The number of carbonyl (C=O) groups excluding carboxylic acids is 3. The minimum Gasteiger partial charge on any atom is -0.479 e. The molecule has 1 rings (SSSR count). The fourth-order valence-electron chi connectivity index (χ4n) is 1.83. The molecule has 0 fully saturated rings. The largest absolute Gasteiger partial charge is 0.479 e. The summed E-state index contributed by atoms with van der Waals surface area (Å²) < 4.78 is 10.4. The molecule has 0 radical (unpaired) electrons. The number of carbonyl (C=O) groups is 3. The van der Waals surface area contributed by atoms with Gasteiger partial charge in [-0.2, -0.15) is 0 Å². The Hall–Kier alpha value is -2.57. The number of rotatable bonds is 5. The highest BCUT2D eigenvalue weighted by Crippen LogP contribution is 2.24. The molecule has 3 N–H and O–H groups in total. The number of urea groups is 1. The van der Waals surface area contributed by atoms with Gasteiger partial charge < -0.3 is 15.2 Å².